The Hall–Kier alpha value is -3.03. The van der Waals surface area contributed by atoms with Gasteiger partial charge in [-0.05, 0) is 31.0 Å². The third-order valence-electron chi connectivity index (χ3n) is 4.39. The van der Waals surface area contributed by atoms with Gasteiger partial charge < -0.3 is 4.90 Å². The maximum absolute atomic E-state index is 11.3. The fraction of sp³-hybridized carbons (Fsp3) is 0.312. The summed E-state index contributed by atoms with van der Waals surface area (Å²) >= 11 is 0. The maximum atomic E-state index is 11.3. The van der Waals surface area contributed by atoms with Gasteiger partial charge in [-0.3, -0.25) is 14.5 Å². The number of hydrogen-bond acceptors (Lipinski definition) is 6. The summed E-state index contributed by atoms with van der Waals surface area (Å²) in [5, 5.41) is 19.8. The van der Waals surface area contributed by atoms with E-state index in [1.54, 1.807) is 12.3 Å². The number of nitro groups is 1. The van der Waals surface area contributed by atoms with Gasteiger partial charge in [-0.1, -0.05) is 6.07 Å². The molecule has 0 aliphatic carbocycles. The smallest absolute Gasteiger partial charge is 0.311 e. The molecule has 1 fully saturated rings. The topological polar surface area (TPSA) is 89.5 Å². The van der Waals surface area contributed by atoms with Gasteiger partial charge >= 0.3 is 5.69 Å². The summed E-state index contributed by atoms with van der Waals surface area (Å²) in [6, 6.07) is 8.89. The van der Waals surface area contributed by atoms with Crippen LogP contribution in [-0.4, -0.2) is 37.6 Å². The zero-order valence-electron chi connectivity index (χ0n) is 12.9. The van der Waals surface area contributed by atoms with Crippen LogP contribution >= 0.6 is 0 Å². The van der Waals surface area contributed by atoms with E-state index in [9.17, 15) is 10.1 Å². The van der Waals surface area contributed by atoms with Gasteiger partial charge in [0.2, 0.25) is 5.82 Å². The molecule has 1 aliphatic rings. The Morgan fingerprint density at radius 1 is 1.21 bits per heavy atom. The molecule has 122 valence electrons. The largest absolute Gasteiger partial charge is 0.350 e. The van der Waals surface area contributed by atoms with Crippen LogP contribution in [0.3, 0.4) is 0 Å². The molecule has 3 aromatic heterocycles. The van der Waals surface area contributed by atoms with Crippen LogP contribution in [0.4, 0.5) is 11.5 Å². The highest BCUT2D eigenvalue weighted by molar-refractivity contribution is 5.57. The first-order valence-electron chi connectivity index (χ1n) is 7.88. The van der Waals surface area contributed by atoms with Crippen LogP contribution in [0.1, 0.15) is 24.6 Å². The summed E-state index contributed by atoms with van der Waals surface area (Å²) in [4.78, 5) is 17.1. The number of anilines is 1. The Morgan fingerprint density at radius 3 is 3.00 bits per heavy atom. The van der Waals surface area contributed by atoms with Crippen LogP contribution in [0.5, 0.6) is 0 Å². The molecular formula is C16H16N6O2. The maximum Gasteiger partial charge on any atom is 0.311 e. The van der Waals surface area contributed by atoms with Crippen molar-refractivity contribution >= 4 is 17.2 Å². The van der Waals surface area contributed by atoms with Crippen molar-refractivity contribution in [2.45, 2.75) is 18.8 Å². The minimum atomic E-state index is -0.377. The summed E-state index contributed by atoms with van der Waals surface area (Å²) in [6.07, 6.45) is 5.46. The van der Waals surface area contributed by atoms with E-state index in [-0.39, 0.29) is 16.5 Å². The van der Waals surface area contributed by atoms with Gasteiger partial charge in [0.1, 0.15) is 5.82 Å². The quantitative estimate of drug-likeness (QED) is 0.543. The molecule has 8 heteroatoms. The van der Waals surface area contributed by atoms with Gasteiger partial charge in [0.25, 0.3) is 0 Å². The van der Waals surface area contributed by atoms with Crippen molar-refractivity contribution < 1.29 is 4.92 Å². The highest BCUT2D eigenvalue weighted by atomic mass is 16.6. The highest BCUT2D eigenvalue weighted by Crippen LogP contribution is 2.32. The second kappa shape index (κ2) is 5.88. The van der Waals surface area contributed by atoms with Crippen molar-refractivity contribution in [3.63, 3.8) is 0 Å². The molecule has 0 saturated carbocycles. The summed E-state index contributed by atoms with van der Waals surface area (Å²) in [5.41, 5.74) is 0.859. The lowest BCUT2D eigenvalue weighted by molar-refractivity contribution is -0.384. The van der Waals surface area contributed by atoms with Crippen molar-refractivity contribution in [2.24, 2.45) is 0 Å². The van der Waals surface area contributed by atoms with E-state index in [0.717, 1.165) is 30.9 Å². The monoisotopic (exact) mass is 324 g/mol. The van der Waals surface area contributed by atoms with E-state index in [4.69, 9.17) is 0 Å². The molecule has 1 atom stereocenters. The molecule has 0 amide bonds. The molecule has 8 nitrogen and oxygen atoms in total. The number of pyridine rings is 2. The zero-order chi connectivity index (χ0) is 16.5. The number of rotatable bonds is 3. The normalized spacial score (nSPS) is 18.0. The molecule has 3 aromatic rings. The molecule has 0 N–H and O–H groups in total. The van der Waals surface area contributed by atoms with Gasteiger partial charge in [0, 0.05) is 37.5 Å². The molecule has 0 aromatic carbocycles. The molecule has 0 spiro atoms. The van der Waals surface area contributed by atoms with E-state index >= 15 is 0 Å². The fourth-order valence-electron chi connectivity index (χ4n) is 3.29. The lowest BCUT2D eigenvalue weighted by Gasteiger charge is -2.32. The van der Waals surface area contributed by atoms with E-state index in [1.807, 2.05) is 33.7 Å². The Bertz CT molecular complexity index is 893. The van der Waals surface area contributed by atoms with Crippen molar-refractivity contribution in [1.29, 1.82) is 0 Å². The average molecular weight is 324 g/mol. The SMILES string of the molecule is O=[N+]([O-])c1cccnc1N1CCCC(c2nnc3ccccn23)C1. The highest BCUT2D eigenvalue weighted by Gasteiger charge is 2.29. The fourth-order valence-corrected chi connectivity index (χ4v) is 3.29. The standard InChI is InChI=1S/C16H16N6O2/c23-22(24)13-6-3-8-17-16(13)20-9-4-5-12(11-20)15-19-18-14-7-1-2-10-21(14)15/h1-3,6-8,10,12H,4-5,9,11H2. The number of aromatic nitrogens is 4. The number of hydrogen-bond donors (Lipinski definition) is 0. The van der Waals surface area contributed by atoms with Gasteiger partial charge in [0.05, 0.1) is 4.92 Å². The average Bonchev–Trinajstić information content (AvgIpc) is 3.06. The summed E-state index contributed by atoms with van der Waals surface area (Å²) in [7, 11) is 0. The van der Waals surface area contributed by atoms with Crippen LogP contribution < -0.4 is 4.90 Å². The van der Waals surface area contributed by atoms with E-state index < -0.39 is 0 Å². The van der Waals surface area contributed by atoms with Crippen molar-refractivity contribution in [1.82, 2.24) is 19.6 Å². The van der Waals surface area contributed by atoms with Crippen molar-refractivity contribution in [2.75, 3.05) is 18.0 Å². The summed E-state index contributed by atoms with van der Waals surface area (Å²) in [6.45, 7) is 1.40. The molecule has 4 rings (SSSR count). The van der Waals surface area contributed by atoms with Gasteiger partial charge in [-0.15, -0.1) is 10.2 Å². The lowest BCUT2D eigenvalue weighted by atomic mass is 9.97. The predicted molar refractivity (Wildman–Crippen MR) is 88.1 cm³/mol. The Morgan fingerprint density at radius 2 is 2.12 bits per heavy atom. The molecule has 0 bridgehead atoms. The third-order valence-corrected chi connectivity index (χ3v) is 4.39. The Kier molecular flexibility index (Phi) is 3.56. The molecule has 24 heavy (non-hydrogen) atoms. The first kappa shape index (κ1) is 14.6. The number of piperidine rings is 1. The second-order valence-corrected chi connectivity index (χ2v) is 5.88. The lowest BCUT2D eigenvalue weighted by Crippen LogP contribution is -2.36. The molecule has 1 saturated heterocycles. The van der Waals surface area contributed by atoms with Gasteiger partial charge in [-0.2, -0.15) is 0 Å². The summed E-state index contributed by atoms with van der Waals surface area (Å²) in [5.74, 6) is 1.49. The van der Waals surface area contributed by atoms with E-state index in [2.05, 4.69) is 15.2 Å². The second-order valence-electron chi connectivity index (χ2n) is 5.88. The van der Waals surface area contributed by atoms with Crippen LogP contribution in [-0.2, 0) is 0 Å². The minimum Gasteiger partial charge on any atom is -0.350 e. The Balaban J connectivity index is 1.66. The molecule has 0 radical (unpaired) electrons. The van der Waals surface area contributed by atoms with Crippen LogP contribution in [0, 0.1) is 10.1 Å². The minimum absolute atomic E-state index is 0.0456. The van der Waals surface area contributed by atoms with Crippen LogP contribution in [0.2, 0.25) is 0 Å². The molecular weight excluding hydrogens is 308 g/mol. The molecule has 4 heterocycles. The van der Waals surface area contributed by atoms with Gasteiger partial charge in [0.15, 0.2) is 5.65 Å². The third kappa shape index (κ3) is 2.45. The van der Waals surface area contributed by atoms with E-state index in [0.29, 0.717) is 12.4 Å². The first-order chi connectivity index (χ1) is 11.7. The number of fused-ring (bicyclic) bond motifs is 1. The van der Waals surface area contributed by atoms with Crippen LogP contribution in [0.15, 0.2) is 42.7 Å². The van der Waals surface area contributed by atoms with E-state index in [1.165, 1.54) is 6.07 Å². The van der Waals surface area contributed by atoms with Crippen LogP contribution in [0.25, 0.3) is 5.65 Å². The first-order valence-corrected chi connectivity index (χ1v) is 7.88. The van der Waals surface area contributed by atoms with Gasteiger partial charge in [-0.25, -0.2) is 4.98 Å². The van der Waals surface area contributed by atoms with Crippen molar-refractivity contribution in [3.05, 3.63) is 58.7 Å². The van der Waals surface area contributed by atoms with Crippen molar-refractivity contribution in [3.8, 4) is 0 Å². The summed E-state index contributed by atoms with van der Waals surface area (Å²) < 4.78 is 1.99. The Labute approximate surface area is 137 Å². The zero-order valence-corrected chi connectivity index (χ0v) is 12.9. The number of nitrogens with zero attached hydrogens (tertiary/aromatic N) is 6. The predicted octanol–water partition coefficient (Wildman–Crippen LogP) is 2.42. The molecule has 1 aliphatic heterocycles. The molecule has 1 unspecified atom stereocenters.